The molecule has 0 spiro atoms. The van der Waals surface area contributed by atoms with Crippen LogP contribution in [0, 0.1) is 17.1 Å². The molecular weight excluding hydrogens is 247 g/mol. The summed E-state index contributed by atoms with van der Waals surface area (Å²) in [4.78, 5) is 9.90. The number of nitriles is 1. The number of benzene rings is 1. The predicted molar refractivity (Wildman–Crippen MR) is 66.9 cm³/mol. The molecule has 3 rings (SSSR count). The number of halogens is 1. The minimum Gasteiger partial charge on any atom is -0.385 e. The molecule has 1 aromatic carbocycles. The van der Waals surface area contributed by atoms with E-state index in [-0.39, 0.29) is 11.9 Å². The van der Waals surface area contributed by atoms with Gasteiger partial charge in [0.2, 0.25) is 0 Å². The van der Waals surface area contributed by atoms with Gasteiger partial charge in [0.25, 0.3) is 0 Å². The van der Waals surface area contributed by atoms with Gasteiger partial charge in [-0.1, -0.05) is 6.07 Å². The molecule has 2 heterocycles. The van der Waals surface area contributed by atoms with E-state index in [0.29, 0.717) is 24.3 Å². The highest BCUT2D eigenvalue weighted by Gasteiger charge is 2.42. The summed E-state index contributed by atoms with van der Waals surface area (Å²) >= 11 is 0. The molecule has 0 atom stereocenters. The number of para-hydroxylation sites is 1. The second-order valence-electron chi connectivity index (χ2n) is 4.75. The van der Waals surface area contributed by atoms with Crippen molar-refractivity contribution in [3.8, 4) is 6.07 Å². The predicted octanol–water partition coefficient (Wildman–Crippen LogP) is 1.23. The number of hydrogen-bond acceptors (Lipinski definition) is 5. The van der Waals surface area contributed by atoms with Crippen LogP contribution >= 0.6 is 0 Å². The van der Waals surface area contributed by atoms with E-state index in [1.54, 1.807) is 12.1 Å². The first-order chi connectivity index (χ1) is 9.13. The van der Waals surface area contributed by atoms with Crippen molar-refractivity contribution in [2.75, 3.05) is 18.0 Å². The van der Waals surface area contributed by atoms with Crippen molar-refractivity contribution in [1.29, 1.82) is 5.26 Å². The molecule has 0 radical (unpaired) electrons. The SMILES string of the molecule is N#CCC1(O)CN(c2ncnc3c(F)cccc23)C1. The molecule has 1 fully saturated rings. The van der Waals surface area contributed by atoms with Gasteiger partial charge in [-0.2, -0.15) is 5.26 Å². The highest BCUT2D eigenvalue weighted by molar-refractivity contribution is 5.90. The Labute approximate surface area is 108 Å². The first-order valence-electron chi connectivity index (χ1n) is 5.86. The lowest BCUT2D eigenvalue weighted by molar-refractivity contribution is 0.0164. The molecule has 1 aromatic heterocycles. The summed E-state index contributed by atoms with van der Waals surface area (Å²) in [6.07, 6.45) is 1.39. The van der Waals surface area contributed by atoms with Crippen molar-refractivity contribution in [2.45, 2.75) is 12.0 Å². The Bertz CT molecular complexity index is 676. The summed E-state index contributed by atoms with van der Waals surface area (Å²) in [6.45, 7) is 0.645. The Kier molecular flexibility index (Phi) is 2.57. The fourth-order valence-electron chi connectivity index (χ4n) is 2.36. The molecule has 1 aliphatic rings. The highest BCUT2D eigenvalue weighted by Crippen LogP contribution is 2.32. The quantitative estimate of drug-likeness (QED) is 0.877. The number of anilines is 1. The summed E-state index contributed by atoms with van der Waals surface area (Å²) in [7, 11) is 0. The zero-order valence-electron chi connectivity index (χ0n) is 10.0. The maximum absolute atomic E-state index is 13.6. The normalized spacial score (nSPS) is 17.0. The average molecular weight is 258 g/mol. The first kappa shape index (κ1) is 11.8. The van der Waals surface area contributed by atoms with Crippen LogP contribution in [0.15, 0.2) is 24.5 Å². The van der Waals surface area contributed by atoms with Crippen molar-refractivity contribution in [1.82, 2.24) is 9.97 Å². The van der Waals surface area contributed by atoms with Crippen molar-refractivity contribution < 1.29 is 9.50 Å². The number of fused-ring (bicyclic) bond motifs is 1. The van der Waals surface area contributed by atoms with Gasteiger partial charge < -0.3 is 10.0 Å². The zero-order chi connectivity index (χ0) is 13.5. The van der Waals surface area contributed by atoms with E-state index >= 15 is 0 Å². The molecule has 19 heavy (non-hydrogen) atoms. The van der Waals surface area contributed by atoms with Crippen molar-refractivity contribution in [3.05, 3.63) is 30.3 Å². The van der Waals surface area contributed by atoms with Crippen LogP contribution in [0.2, 0.25) is 0 Å². The molecule has 1 N–H and O–H groups in total. The van der Waals surface area contributed by atoms with Crippen LogP contribution in [-0.4, -0.2) is 33.8 Å². The highest BCUT2D eigenvalue weighted by atomic mass is 19.1. The van der Waals surface area contributed by atoms with Gasteiger partial charge in [-0.05, 0) is 12.1 Å². The second-order valence-corrected chi connectivity index (χ2v) is 4.75. The minimum atomic E-state index is -0.987. The molecule has 5 nitrogen and oxygen atoms in total. The van der Waals surface area contributed by atoms with Gasteiger partial charge >= 0.3 is 0 Å². The van der Waals surface area contributed by atoms with Crippen LogP contribution < -0.4 is 4.90 Å². The molecule has 0 saturated carbocycles. The molecule has 2 aromatic rings. The van der Waals surface area contributed by atoms with Crippen LogP contribution in [0.25, 0.3) is 10.9 Å². The number of hydrogen-bond donors (Lipinski definition) is 1. The minimum absolute atomic E-state index is 0.0842. The van der Waals surface area contributed by atoms with Gasteiger partial charge in [-0.15, -0.1) is 0 Å². The standard InChI is InChI=1S/C13H11FN4O/c14-10-3-1-2-9-11(10)16-8-17-12(9)18-6-13(19,7-18)4-5-15/h1-3,8,19H,4,6-7H2. The smallest absolute Gasteiger partial charge is 0.149 e. The topological polar surface area (TPSA) is 73.0 Å². The molecule has 0 unspecified atom stereocenters. The monoisotopic (exact) mass is 258 g/mol. The number of nitrogens with zero attached hydrogens (tertiary/aromatic N) is 4. The number of β-amino-alcohol motifs (C(OH)–C–C–N with tert-alkyl or cyclic N) is 1. The van der Waals surface area contributed by atoms with Crippen LogP contribution in [0.5, 0.6) is 0 Å². The largest absolute Gasteiger partial charge is 0.385 e. The third-order valence-corrected chi connectivity index (χ3v) is 3.27. The molecule has 6 heteroatoms. The summed E-state index contributed by atoms with van der Waals surface area (Å²) in [5, 5.41) is 19.2. The summed E-state index contributed by atoms with van der Waals surface area (Å²) in [6, 6.07) is 6.66. The van der Waals surface area contributed by atoms with Crippen LogP contribution in [0.4, 0.5) is 10.2 Å². The first-order valence-corrected chi connectivity index (χ1v) is 5.86. The summed E-state index contributed by atoms with van der Waals surface area (Å²) in [5.41, 5.74) is -0.720. The van der Waals surface area contributed by atoms with Crippen LogP contribution in [0.3, 0.4) is 0 Å². The van der Waals surface area contributed by atoms with E-state index < -0.39 is 11.4 Å². The number of aromatic nitrogens is 2. The fourth-order valence-corrected chi connectivity index (χ4v) is 2.36. The maximum atomic E-state index is 13.6. The van der Waals surface area contributed by atoms with E-state index in [1.165, 1.54) is 12.4 Å². The second kappa shape index (κ2) is 4.14. The number of aliphatic hydroxyl groups is 1. The molecule has 0 amide bonds. The van der Waals surface area contributed by atoms with Crippen molar-refractivity contribution in [2.24, 2.45) is 0 Å². The van der Waals surface area contributed by atoms with Crippen molar-refractivity contribution >= 4 is 16.7 Å². The Morgan fingerprint density at radius 2 is 2.21 bits per heavy atom. The Hall–Kier alpha value is -2.26. The third-order valence-electron chi connectivity index (χ3n) is 3.27. The molecule has 0 bridgehead atoms. The average Bonchev–Trinajstić information content (AvgIpc) is 2.36. The van der Waals surface area contributed by atoms with Gasteiger partial charge in [-0.3, -0.25) is 0 Å². The summed E-state index contributed by atoms with van der Waals surface area (Å²) in [5.74, 6) is 0.195. The van der Waals surface area contributed by atoms with Crippen molar-refractivity contribution in [3.63, 3.8) is 0 Å². The third kappa shape index (κ3) is 1.88. The lowest BCUT2D eigenvalue weighted by Gasteiger charge is -2.46. The Morgan fingerprint density at radius 1 is 1.42 bits per heavy atom. The van der Waals surface area contributed by atoms with Gasteiger partial charge in [-0.25, -0.2) is 14.4 Å². The molecule has 1 aliphatic heterocycles. The lowest BCUT2D eigenvalue weighted by Crippen LogP contribution is -2.62. The van der Waals surface area contributed by atoms with E-state index in [9.17, 15) is 9.50 Å². The molecule has 0 aliphatic carbocycles. The van der Waals surface area contributed by atoms with Crippen LogP contribution in [-0.2, 0) is 0 Å². The zero-order valence-corrected chi connectivity index (χ0v) is 10.0. The van der Waals surface area contributed by atoms with Gasteiger partial charge in [0.15, 0.2) is 0 Å². The van der Waals surface area contributed by atoms with E-state index in [4.69, 9.17) is 5.26 Å². The van der Waals surface area contributed by atoms with Gasteiger partial charge in [0.05, 0.1) is 25.6 Å². The lowest BCUT2D eigenvalue weighted by atomic mass is 9.91. The van der Waals surface area contributed by atoms with Crippen LogP contribution in [0.1, 0.15) is 6.42 Å². The van der Waals surface area contributed by atoms with E-state index in [0.717, 1.165) is 0 Å². The fraction of sp³-hybridized carbons (Fsp3) is 0.308. The van der Waals surface area contributed by atoms with Gasteiger partial charge in [0, 0.05) is 5.39 Å². The Balaban J connectivity index is 1.96. The molecule has 1 saturated heterocycles. The summed E-state index contributed by atoms with van der Waals surface area (Å²) < 4.78 is 13.6. The van der Waals surface area contributed by atoms with Gasteiger partial charge in [0.1, 0.15) is 29.1 Å². The van der Waals surface area contributed by atoms with E-state index in [2.05, 4.69) is 9.97 Å². The maximum Gasteiger partial charge on any atom is 0.149 e. The Morgan fingerprint density at radius 3 is 2.95 bits per heavy atom. The molecule has 96 valence electrons. The van der Waals surface area contributed by atoms with E-state index in [1.807, 2.05) is 11.0 Å². The molecular formula is C13H11FN4O. The number of rotatable bonds is 2.